The van der Waals surface area contributed by atoms with Crippen LogP contribution in [0.4, 0.5) is 0 Å². The summed E-state index contributed by atoms with van der Waals surface area (Å²) in [4.78, 5) is 0. The van der Waals surface area contributed by atoms with E-state index in [1.165, 1.54) is 5.56 Å². The first-order valence-corrected chi connectivity index (χ1v) is 9.22. The van der Waals surface area contributed by atoms with Crippen LogP contribution in [0.3, 0.4) is 0 Å². The second-order valence-electron chi connectivity index (χ2n) is 5.85. The van der Waals surface area contributed by atoms with Gasteiger partial charge >= 0.3 is 7.12 Å². The van der Waals surface area contributed by atoms with E-state index in [1.807, 2.05) is 0 Å². The largest absolute Gasteiger partial charge is 0.494 e. The molecule has 0 unspecified atom stereocenters. The maximum absolute atomic E-state index is 6.47. The van der Waals surface area contributed by atoms with Gasteiger partial charge in [-0.25, -0.2) is 0 Å². The lowest BCUT2D eigenvalue weighted by Gasteiger charge is -2.42. The van der Waals surface area contributed by atoms with Gasteiger partial charge in [0.15, 0.2) is 0 Å². The molecule has 4 heteroatoms. The summed E-state index contributed by atoms with van der Waals surface area (Å²) in [6.45, 7) is 8.85. The van der Waals surface area contributed by atoms with Crippen molar-refractivity contribution in [2.24, 2.45) is 0 Å². The zero-order valence-corrected chi connectivity index (χ0v) is 15.2. The standard InChI is InChI=1S/C17H26BBrO2/c1-5-16(6-2)17(7-3,8-4)21-18(20-16)15-11-9-14(13-19)10-12-15/h9-12H,5-8,13H2,1-4H3. The quantitative estimate of drug-likeness (QED) is 0.556. The Labute approximate surface area is 137 Å². The van der Waals surface area contributed by atoms with E-state index in [9.17, 15) is 0 Å². The molecule has 21 heavy (non-hydrogen) atoms. The average Bonchev–Trinajstić information content (AvgIpc) is 2.90. The lowest BCUT2D eigenvalue weighted by molar-refractivity contribution is -0.0601. The number of benzene rings is 1. The molecular formula is C17H26BBrO2. The molecule has 1 fully saturated rings. The first-order valence-electron chi connectivity index (χ1n) is 8.10. The summed E-state index contributed by atoms with van der Waals surface area (Å²) in [7, 11) is -0.242. The van der Waals surface area contributed by atoms with Gasteiger partial charge in [0.1, 0.15) is 0 Å². The van der Waals surface area contributed by atoms with E-state index in [-0.39, 0.29) is 18.3 Å². The molecule has 0 aromatic heterocycles. The zero-order valence-electron chi connectivity index (χ0n) is 13.6. The minimum atomic E-state index is -0.242. The molecule has 1 heterocycles. The Morgan fingerprint density at radius 2 is 1.29 bits per heavy atom. The summed E-state index contributed by atoms with van der Waals surface area (Å²) in [5.41, 5.74) is 2.05. The van der Waals surface area contributed by atoms with Crippen molar-refractivity contribution in [1.29, 1.82) is 0 Å². The summed E-state index contributed by atoms with van der Waals surface area (Å²) >= 11 is 3.48. The van der Waals surface area contributed by atoms with Crippen LogP contribution in [-0.2, 0) is 14.6 Å². The van der Waals surface area contributed by atoms with Gasteiger partial charge in [0.05, 0.1) is 11.2 Å². The van der Waals surface area contributed by atoms with Crippen LogP contribution in [0.5, 0.6) is 0 Å². The lowest BCUT2D eigenvalue weighted by atomic mass is 9.75. The van der Waals surface area contributed by atoms with Crippen molar-refractivity contribution in [2.45, 2.75) is 69.9 Å². The first-order chi connectivity index (χ1) is 10.1. The minimum absolute atomic E-state index is 0.171. The number of rotatable bonds is 6. The van der Waals surface area contributed by atoms with Crippen molar-refractivity contribution in [3.63, 3.8) is 0 Å². The third-order valence-electron chi connectivity index (χ3n) is 5.19. The van der Waals surface area contributed by atoms with E-state index < -0.39 is 0 Å². The Balaban J connectivity index is 2.32. The number of halogens is 1. The highest BCUT2D eigenvalue weighted by Gasteiger charge is 2.58. The van der Waals surface area contributed by atoms with Crippen molar-refractivity contribution in [2.75, 3.05) is 0 Å². The number of hydrogen-bond acceptors (Lipinski definition) is 2. The van der Waals surface area contributed by atoms with Gasteiger partial charge in [0.2, 0.25) is 0 Å². The highest BCUT2D eigenvalue weighted by molar-refractivity contribution is 9.08. The summed E-state index contributed by atoms with van der Waals surface area (Å²) in [6, 6.07) is 8.51. The summed E-state index contributed by atoms with van der Waals surface area (Å²) < 4.78 is 12.9. The molecule has 2 rings (SSSR count). The predicted molar refractivity (Wildman–Crippen MR) is 93.3 cm³/mol. The fraction of sp³-hybridized carbons (Fsp3) is 0.647. The summed E-state index contributed by atoms with van der Waals surface area (Å²) in [6.07, 6.45) is 3.95. The van der Waals surface area contributed by atoms with Gasteiger partial charge in [0.25, 0.3) is 0 Å². The van der Waals surface area contributed by atoms with Gasteiger partial charge in [-0.3, -0.25) is 0 Å². The molecule has 0 spiro atoms. The second-order valence-corrected chi connectivity index (χ2v) is 6.41. The third-order valence-corrected chi connectivity index (χ3v) is 5.83. The highest BCUT2D eigenvalue weighted by atomic mass is 79.9. The molecule has 116 valence electrons. The maximum atomic E-state index is 6.47. The van der Waals surface area contributed by atoms with Crippen molar-refractivity contribution < 1.29 is 9.31 Å². The molecule has 1 aliphatic heterocycles. The topological polar surface area (TPSA) is 18.5 Å². The molecule has 0 atom stereocenters. The van der Waals surface area contributed by atoms with Gasteiger partial charge in [0, 0.05) is 5.33 Å². The van der Waals surface area contributed by atoms with Crippen LogP contribution in [0.25, 0.3) is 0 Å². The van der Waals surface area contributed by atoms with E-state index in [0.29, 0.717) is 0 Å². The second kappa shape index (κ2) is 6.85. The normalized spacial score (nSPS) is 20.0. The minimum Gasteiger partial charge on any atom is -0.399 e. The Hall–Kier alpha value is -0.315. The SMILES string of the molecule is CCC1(CC)OB(c2ccc(CBr)cc2)OC1(CC)CC. The molecule has 0 N–H and O–H groups in total. The van der Waals surface area contributed by atoms with Crippen LogP contribution in [0, 0.1) is 0 Å². The molecule has 0 radical (unpaired) electrons. The summed E-state index contributed by atoms with van der Waals surface area (Å²) in [5, 5.41) is 0.876. The molecule has 1 aromatic carbocycles. The predicted octanol–water partition coefficient (Wildman–Crippen LogP) is 4.44. The monoisotopic (exact) mass is 352 g/mol. The van der Waals surface area contributed by atoms with E-state index >= 15 is 0 Å². The molecule has 0 aliphatic carbocycles. The van der Waals surface area contributed by atoms with Crippen LogP contribution >= 0.6 is 15.9 Å². The van der Waals surface area contributed by atoms with Gasteiger partial charge in [-0.2, -0.15) is 0 Å². The average molecular weight is 353 g/mol. The van der Waals surface area contributed by atoms with E-state index in [1.54, 1.807) is 0 Å². The van der Waals surface area contributed by atoms with E-state index in [0.717, 1.165) is 36.5 Å². The van der Waals surface area contributed by atoms with Gasteiger partial charge < -0.3 is 9.31 Å². The number of hydrogen-bond donors (Lipinski definition) is 0. The van der Waals surface area contributed by atoms with E-state index in [4.69, 9.17) is 9.31 Å². The highest BCUT2D eigenvalue weighted by Crippen LogP contribution is 2.46. The van der Waals surface area contributed by atoms with E-state index in [2.05, 4.69) is 67.9 Å². The van der Waals surface area contributed by atoms with Crippen molar-refractivity contribution in [3.8, 4) is 0 Å². The molecule has 2 nitrogen and oxygen atoms in total. The summed E-state index contributed by atoms with van der Waals surface area (Å²) in [5.74, 6) is 0. The fourth-order valence-corrected chi connectivity index (χ4v) is 4.04. The van der Waals surface area contributed by atoms with Crippen LogP contribution < -0.4 is 5.46 Å². The Kier molecular flexibility index (Phi) is 5.56. The molecular weight excluding hydrogens is 327 g/mol. The van der Waals surface area contributed by atoms with Crippen LogP contribution in [0.15, 0.2) is 24.3 Å². The lowest BCUT2D eigenvalue weighted by Crippen LogP contribution is -2.50. The van der Waals surface area contributed by atoms with Crippen molar-refractivity contribution in [1.82, 2.24) is 0 Å². The molecule has 1 aliphatic rings. The molecule has 0 amide bonds. The van der Waals surface area contributed by atoms with Crippen LogP contribution in [-0.4, -0.2) is 18.3 Å². The zero-order chi connectivity index (χ0) is 15.5. The molecule has 1 aromatic rings. The molecule has 0 bridgehead atoms. The third kappa shape index (κ3) is 2.82. The van der Waals surface area contributed by atoms with Gasteiger partial charge in [-0.05, 0) is 36.7 Å². The van der Waals surface area contributed by atoms with Crippen LogP contribution in [0.1, 0.15) is 58.9 Å². The Morgan fingerprint density at radius 3 is 1.62 bits per heavy atom. The number of alkyl halides is 1. The fourth-order valence-electron chi connectivity index (χ4n) is 3.67. The Morgan fingerprint density at radius 1 is 0.857 bits per heavy atom. The van der Waals surface area contributed by atoms with Gasteiger partial charge in [-0.1, -0.05) is 67.9 Å². The van der Waals surface area contributed by atoms with Crippen molar-refractivity contribution in [3.05, 3.63) is 29.8 Å². The smallest absolute Gasteiger partial charge is 0.399 e. The molecule has 0 saturated carbocycles. The Bertz CT molecular complexity index is 432. The van der Waals surface area contributed by atoms with Crippen molar-refractivity contribution >= 4 is 28.5 Å². The van der Waals surface area contributed by atoms with Crippen LogP contribution in [0.2, 0.25) is 0 Å². The first kappa shape index (κ1) is 17.0. The van der Waals surface area contributed by atoms with Gasteiger partial charge in [-0.15, -0.1) is 0 Å². The molecule has 1 saturated heterocycles. The maximum Gasteiger partial charge on any atom is 0.494 e.